The van der Waals surface area contributed by atoms with E-state index < -0.39 is 5.03 Å². The first-order chi connectivity index (χ1) is 6.25. The molecule has 0 saturated heterocycles. The molecule has 0 aliphatic rings. The third-order valence-electron chi connectivity index (χ3n) is 1.48. The molecule has 2 rings (SSSR count). The van der Waals surface area contributed by atoms with Gasteiger partial charge in [0.15, 0.2) is 5.03 Å². The van der Waals surface area contributed by atoms with E-state index in [9.17, 15) is 10.1 Å². The van der Waals surface area contributed by atoms with Crippen LogP contribution in [-0.4, -0.2) is 10.0 Å². The minimum atomic E-state index is -0.613. The van der Waals surface area contributed by atoms with Gasteiger partial charge in [-0.15, -0.1) is 0 Å². The van der Waals surface area contributed by atoms with Gasteiger partial charge in [-0.25, -0.2) is 15.1 Å². The number of aromatic nitrogens is 1. The molecular weight excluding hydrogens is 190 g/mol. The smallest absolute Gasteiger partial charge is 0.234 e. The lowest BCUT2D eigenvalue weighted by Gasteiger charge is -1.85. The lowest BCUT2D eigenvalue weighted by atomic mass is 10.3. The first kappa shape index (κ1) is 7.93. The first-order valence-corrected chi connectivity index (χ1v) is 4.34. The van der Waals surface area contributed by atoms with Crippen molar-refractivity contribution in [3.63, 3.8) is 0 Å². The zero-order valence-electron chi connectivity index (χ0n) is 6.43. The van der Waals surface area contributed by atoms with Crippen LogP contribution in [-0.2, 0) is 0 Å². The van der Waals surface area contributed by atoms with Crippen LogP contribution < -0.4 is 5.43 Å². The fourth-order valence-electron chi connectivity index (χ4n) is 0.998. The van der Waals surface area contributed by atoms with Crippen molar-refractivity contribution in [1.82, 2.24) is 4.98 Å². The van der Waals surface area contributed by atoms with E-state index in [-0.39, 0.29) is 0 Å². The van der Waals surface area contributed by atoms with Crippen molar-refractivity contribution in [2.75, 3.05) is 5.43 Å². The lowest BCUT2D eigenvalue weighted by molar-refractivity contribution is -0.445. The van der Waals surface area contributed by atoms with Gasteiger partial charge in [0.25, 0.3) is 0 Å². The fourth-order valence-corrected chi connectivity index (χ4v) is 1.84. The van der Waals surface area contributed by atoms with Crippen molar-refractivity contribution in [3.8, 4) is 0 Å². The molecule has 6 heteroatoms. The van der Waals surface area contributed by atoms with Gasteiger partial charge in [0.1, 0.15) is 0 Å². The van der Waals surface area contributed by atoms with E-state index in [2.05, 4.69) is 4.98 Å². The predicted octanol–water partition coefficient (Wildman–Crippen LogP) is 1.90. The number of fused-ring (bicyclic) bond motifs is 1. The fraction of sp³-hybridized carbons (Fsp3) is 0. The molecule has 1 aromatic carbocycles. The Labute approximate surface area is 77.1 Å². The average molecular weight is 195 g/mol. The topological polar surface area (TPSA) is 68.1 Å². The summed E-state index contributed by atoms with van der Waals surface area (Å²) < 4.78 is 0.937. The van der Waals surface area contributed by atoms with E-state index in [0.717, 1.165) is 10.2 Å². The van der Waals surface area contributed by atoms with Crippen LogP contribution in [0.1, 0.15) is 0 Å². The number of hydrazine groups is 1. The Hall–Kier alpha value is -1.69. The average Bonchev–Trinajstić information content (AvgIpc) is 2.44. The van der Waals surface area contributed by atoms with Gasteiger partial charge >= 0.3 is 0 Å². The lowest BCUT2D eigenvalue weighted by Crippen LogP contribution is -2.06. The summed E-state index contributed by atoms with van der Waals surface area (Å²) in [6.07, 6.45) is 0. The van der Waals surface area contributed by atoms with Crippen molar-refractivity contribution >= 4 is 26.7 Å². The highest BCUT2D eigenvalue weighted by molar-refractivity contribution is 7.22. The van der Waals surface area contributed by atoms with E-state index in [1.54, 1.807) is 0 Å². The van der Waals surface area contributed by atoms with Gasteiger partial charge < -0.3 is 0 Å². The molecule has 1 aromatic heterocycles. The van der Waals surface area contributed by atoms with Crippen molar-refractivity contribution in [2.45, 2.75) is 0 Å². The van der Waals surface area contributed by atoms with E-state index in [1.807, 2.05) is 29.7 Å². The van der Waals surface area contributed by atoms with E-state index >= 15 is 0 Å². The summed E-state index contributed by atoms with van der Waals surface area (Å²) in [6, 6.07) is 7.41. The highest BCUT2D eigenvalue weighted by Gasteiger charge is 2.05. The number of nitrogens with one attached hydrogen (secondary N) is 1. The van der Waals surface area contributed by atoms with Crippen molar-refractivity contribution in [2.24, 2.45) is 0 Å². The molecule has 0 aliphatic heterocycles. The Balaban J connectivity index is 2.44. The van der Waals surface area contributed by atoms with E-state index in [1.165, 1.54) is 11.3 Å². The molecule has 13 heavy (non-hydrogen) atoms. The molecule has 0 saturated carbocycles. The number of para-hydroxylation sites is 1. The number of hydrogen-bond acceptors (Lipinski definition) is 4. The maximum absolute atomic E-state index is 10.1. The van der Waals surface area contributed by atoms with Crippen LogP contribution in [0, 0.1) is 10.1 Å². The summed E-state index contributed by atoms with van der Waals surface area (Å²) >= 11 is 1.26. The molecule has 0 bridgehead atoms. The molecule has 1 N–H and O–H groups in total. The van der Waals surface area contributed by atoms with Crippen LogP contribution in [0.15, 0.2) is 24.3 Å². The molecule has 0 aliphatic carbocycles. The number of nitro groups is 1. The normalized spacial score (nSPS) is 10.2. The highest BCUT2D eigenvalue weighted by atomic mass is 32.1. The number of thiazole rings is 1. The number of rotatable bonds is 2. The van der Waals surface area contributed by atoms with Crippen molar-refractivity contribution < 1.29 is 5.03 Å². The summed E-state index contributed by atoms with van der Waals surface area (Å²) in [5.74, 6) is 0. The molecule has 2 aromatic rings. The molecular formula is C7H5N3O2S. The Morgan fingerprint density at radius 3 is 2.92 bits per heavy atom. The Morgan fingerprint density at radius 2 is 2.23 bits per heavy atom. The molecule has 66 valence electrons. The number of anilines is 1. The van der Waals surface area contributed by atoms with Gasteiger partial charge in [0, 0.05) is 0 Å². The van der Waals surface area contributed by atoms with Gasteiger partial charge in [-0.05, 0) is 12.1 Å². The highest BCUT2D eigenvalue weighted by Crippen LogP contribution is 2.24. The van der Waals surface area contributed by atoms with Crippen molar-refractivity contribution in [3.05, 3.63) is 34.4 Å². The molecule has 0 amide bonds. The third kappa shape index (κ3) is 1.57. The van der Waals surface area contributed by atoms with Crippen LogP contribution in [0.4, 0.5) is 5.13 Å². The quantitative estimate of drug-likeness (QED) is 0.587. The summed E-state index contributed by atoms with van der Waals surface area (Å²) in [5.41, 5.74) is 2.80. The summed E-state index contributed by atoms with van der Waals surface area (Å²) in [5, 5.41) is 9.80. The van der Waals surface area contributed by atoms with E-state index in [0.29, 0.717) is 5.13 Å². The van der Waals surface area contributed by atoms with E-state index in [4.69, 9.17) is 0 Å². The summed E-state index contributed by atoms with van der Waals surface area (Å²) in [7, 11) is 0. The zero-order valence-corrected chi connectivity index (χ0v) is 7.25. The molecule has 0 spiro atoms. The van der Waals surface area contributed by atoms with Crippen LogP contribution >= 0.6 is 11.3 Å². The Bertz CT molecular complexity index is 421. The SMILES string of the molecule is O=[N+]([O-])Nc1nc2ccccc2s1. The van der Waals surface area contributed by atoms with Gasteiger partial charge in [0.05, 0.1) is 10.2 Å². The van der Waals surface area contributed by atoms with Crippen LogP contribution in [0.25, 0.3) is 10.2 Å². The first-order valence-electron chi connectivity index (χ1n) is 3.52. The van der Waals surface area contributed by atoms with Crippen molar-refractivity contribution in [1.29, 1.82) is 0 Å². The second kappa shape index (κ2) is 2.98. The Kier molecular flexibility index (Phi) is 1.82. The molecule has 0 fully saturated rings. The largest absolute Gasteiger partial charge is 0.247 e. The minimum absolute atomic E-state index is 0.311. The van der Waals surface area contributed by atoms with Gasteiger partial charge in [-0.2, -0.15) is 0 Å². The summed E-state index contributed by atoms with van der Waals surface area (Å²) in [4.78, 5) is 14.1. The van der Waals surface area contributed by atoms with Gasteiger partial charge in [-0.3, -0.25) is 0 Å². The van der Waals surface area contributed by atoms with Crippen LogP contribution in [0.2, 0.25) is 0 Å². The maximum Gasteiger partial charge on any atom is 0.247 e. The van der Waals surface area contributed by atoms with Gasteiger partial charge in [-0.1, -0.05) is 28.9 Å². The van der Waals surface area contributed by atoms with Gasteiger partial charge in [0.2, 0.25) is 5.13 Å². The zero-order chi connectivity index (χ0) is 9.26. The number of benzene rings is 1. The summed E-state index contributed by atoms with van der Waals surface area (Å²) in [6.45, 7) is 0. The minimum Gasteiger partial charge on any atom is -0.234 e. The number of nitrogens with zero attached hydrogens (tertiary/aromatic N) is 2. The third-order valence-corrected chi connectivity index (χ3v) is 2.42. The molecule has 0 unspecified atom stereocenters. The van der Waals surface area contributed by atoms with Crippen LogP contribution in [0.5, 0.6) is 0 Å². The second-order valence-electron chi connectivity index (χ2n) is 2.36. The standard InChI is InChI=1S/C7H5N3O2S/c11-10(12)9-7-8-5-3-1-2-4-6(5)13-7/h1-4H,(H,8,9). The second-order valence-corrected chi connectivity index (χ2v) is 3.39. The Morgan fingerprint density at radius 1 is 1.46 bits per heavy atom. The predicted molar refractivity (Wildman–Crippen MR) is 50.2 cm³/mol. The van der Waals surface area contributed by atoms with Crippen LogP contribution in [0.3, 0.4) is 0 Å². The number of hydrogen-bond donors (Lipinski definition) is 1. The monoisotopic (exact) mass is 195 g/mol. The molecule has 5 nitrogen and oxygen atoms in total. The molecule has 0 radical (unpaired) electrons. The molecule has 1 heterocycles. The molecule has 0 atom stereocenters. The maximum atomic E-state index is 10.1.